The van der Waals surface area contributed by atoms with Gasteiger partial charge < -0.3 is 15.3 Å². The van der Waals surface area contributed by atoms with Crippen LogP contribution in [0, 0.1) is 11.8 Å². The highest BCUT2D eigenvalue weighted by atomic mass is 16.3. The molecule has 0 amide bonds. The molecule has 2 fully saturated rings. The molecule has 2 aliphatic rings. The molecule has 0 aromatic carbocycles. The Morgan fingerprint density at radius 1 is 0.700 bits per heavy atom. The van der Waals surface area contributed by atoms with E-state index in [2.05, 4.69) is 0 Å². The van der Waals surface area contributed by atoms with Gasteiger partial charge in [-0.3, -0.25) is 0 Å². The van der Waals surface area contributed by atoms with Gasteiger partial charge in [-0.2, -0.15) is 0 Å². The van der Waals surface area contributed by atoms with Crippen molar-refractivity contribution in [3.8, 4) is 0 Å². The van der Waals surface area contributed by atoms with Gasteiger partial charge in [0.05, 0.1) is 18.3 Å². The Bertz CT molecular complexity index is 124. The summed E-state index contributed by atoms with van der Waals surface area (Å²) >= 11 is 0. The van der Waals surface area contributed by atoms with Gasteiger partial charge in [-0.1, -0.05) is 0 Å². The first-order valence-corrected chi connectivity index (χ1v) is 3.76. The molecule has 0 saturated heterocycles. The highest BCUT2D eigenvalue weighted by Crippen LogP contribution is 2.44. The Labute approximate surface area is 59.3 Å². The predicted molar refractivity (Wildman–Crippen MR) is 34.2 cm³/mol. The second kappa shape index (κ2) is 1.94. The molecule has 3 heteroatoms. The normalized spacial score (nSPS) is 59.7. The van der Waals surface area contributed by atoms with Crippen molar-refractivity contribution in [1.29, 1.82) is 0 Å². The monoisotopic (exact) mass is 144 g/mol. The van der Waals surface area contributed by atoms with Crippen LogP contribution in [0.15, 0.2) is 0 Å². The van der Waals surface area contributed by atoms with Crippen LogP contribution in [0.4, 0.5) is 0 Å². The molecule has 0 aromatic rings. The first kappa shape index (κ1) is 6.58. The van der Waals surface area contributed by atoms with Gasteiger partial charge in [0, 0.05) is 11.8 Å². The maximum absolute atomic E-state index is 9.35. The average Bonchev–Trinajstić information content (AvgIpc) is 2.34. The summed E-state index contributed by atoms with van der Waals surface area (Å²) in [5.74, 6) is -0.111. The Kier molecular flexibility index (Phi) is 1.27. The first-order valence-electron chi connectivity index (χ1n) is 3.76. The van der Waals surface area contributed by atoms with Crippen molar-refractivity contribution in [2.24, 2.45) is 11.8 Å². The maximum atomic E-state index is 9.35. The minimum atomic E-state index is -0.672. The summed E-state index contributed by atoms with van der Waals surface area (Å²) in [6.45, 7) is 0. The van der Waals surface area contributed by atoms with E-state index in [0.29, 0.717) is 0 Å². The summed E-state index contributed by atoms with van der Waals surface area (Å²) in [6.07, 6.45) is -0.0683. The minimum absolute atomic E-state index is 0.0556. The molecular formula is C7H12O3. The highest BCUT2D eigenvalue weighted by Gasteiger charge is 2.52. The first-order chi connectivity index (χ1) is 4.72. The largest absolute Gasteiger partial charge is 0.392 e. The van der Waals surface area contributed by atoms with Crippen molar-refractivity contribution in [3.63, 3.8) is 0 Å². The SMILES string of the molecule is OC1C2CC[C@@H]1C(O)[C@@H]2O. The van der Waals surface area contributed by atoms with E-state index in [1.165, 1.54) is 0 Å². The minimum Gasteiger partial charge on any atom is -0.392 e. The van der Waals surface area contributed by atoms with Crippen molar-refractivity contribution in [2.75, 3.05) is 0 Å². The third-order valence-corrected chi connectivity index (χ3v) is 2.94. The zero-order chi connectivity index (χ0) is 7.30. The highest BCUT2D eigenvalue weighted by molar-refractivity contribution is 5.02. The molecule has 3 unspecified atom stereocenters. The molecule has 58 valence electrons. The summed E-state index contributed by atoms with van der Waals surface area (Å²) in [7, 11) is 0. The summed E-state index contributed by atoms with van der Waals surface area (Å²) in [6, 6.07) is 0. The fourth-order valence-corrected chi connectivity index (χ4v) is 2.30. The van der Waals surface area contributed by atoms with Gasteiger partial charge in [-0.25, -0.2) is 0 Å². The molecule has 10 heavy (non-hydrogen) atoms. The molecule has 5 atom stereocenters. The second-order valence-corrected chi connectivity index (χ2v) is 3.38. The molecule has 3 nitrogen and oxygen atoms in total. The van der Waals surface area contributed by atoms with Crippen molar-refractivity contribution >= 4 is 0 Å². The van der Waals surface area contributed by atoms with E-state index in [-0.39, 0.29) is 11.8 Å². The molecule has 0 spiro atoms. The number of aliphatic hydroxyl groups excluding tert-OH is 3. The van der Waals surface area contributed by atoms with E-state index in [9.17, 15) is 15.3 Å². The predicted octanol–water partition coefficient (Wildman–Crippen LogP) is -0.891. The number of rotatable bonds is 0. The third-order valence-electron chi connectivity index (χ3n) is 2.94. The van der Waals surface area contributed by atoms with E-state index < -0.39 is 18.3 Å². The zero-order valence-corrected chi connectivity index (χ0v) is 5.64. The van der Waals surface area contributed by atoms with Crippen LogP contribution in [0.5, 0.6) is 0 Å². The molecule has 2 bridgehead atoms. The van der Waals surface area contributed by atoms with Gasteiger partial charge in [0.15, 0.2) is 0 Å². The standard InChI is InChI=1S/C7H12O3/c8-5-3-1-2-4(5)7(10)6(3)9/h3-10H,1-2H2/t3-,4?,5?,6?,7+/m0/s1. The summed E-state index contributed by atoms with van der Waals surface area (Å²) < 4.78 is 0. The molecule has 0 heterocycles. The summed E-state index contributed by atoms with van der Waals surface area (Å²) in [4.78, 5) is 0. The topological polar surface area (TPSA) is 60.7 Å². The van der Waals surface area contributed by atoms with Gasteiger partial charge in [-0.15, -0.1) is 0 Å². The van der Waals surface area contributed by atoms with Gasteiger partial charge >= 0.3 is 0 Å². The molecule has 0 radical (unpaired) electrons. The van der Waals surface area contributed by atoms with E-state index in [4.69, 9.17) is 0 Å². The van der Waals surface area contributed by atoms with E-state index in [0.717, 1.165) is 12.8 Å². The zero-order valence-electron chi connectivity index (χ0n) is 5.64. The lowest BCUT2D eigenvalue weighted by Gasteiger charge is -2.20. The van der Waals surface area contributed by atoms with E-state index in [1.807, 2.05) is 0 Å². The smallest absolute Gasteiger partial charge is 0.0855 e. The van der Waals surface area contributed by atoms with Crippen LogP contribution in [0.1, 0.15) is 12.8 Å². The van der Waals surface area contributed by atoms with Crippen molar-refractivity contribution in [2.45, 2.75) is 31.2 Å². The van der Waals surface area contributed by atoms with Crippen LogP contribution in [0.25, 0.3) is 0 Å². The fourth-order valence-electron chi connectivity index (χ4n) is 2.30. The van der Waals surface area contributed by atoms with Gasteiger partial charge in [0.1, 0.15) is 0 Å². The van der Waals surface area contributed by atoms with Crippen LogP contribution in [0.2, 0.25) is 0 Å². The summed E-state index contributed by atoms with van der Waals surface area (Å²) in [5, 5.41) is 27.8. The molecule has 2 aliphatic carbocycles. The Morgan fingerprint density at radius 2 is 1.10 bits per heavy atom. The lowest BCUT2D eigenvalue weighted by Crippen LogP contribution is -2.31. The van der Waals surface area contributed by atoms with Crippen molar-refractivity contribution in [3.05, 3.63) is 0 Å². The lowest BCUT2D eigenvalue weighted by molar-refractivity contribution is -0.0160. The molecular weight excluding hydrogens is 132 g/mol. The third kappa shape index (κ3) is 0.603. The number of aliphatic hydroxyl groups is 3. The maximum Gasteiger partial charge on any atom is 0.0855 e. The average molecular weight is 144 g/mol. The molecule has 0 aliphatic heterocycles. The summed E-state index contributed by atoms with van der Waals surface area (Å²) in [5.41, 5.74) is 0. The van der Waals surface area contributed by atoms with Gasteiger partial charge in [0.25, 0.3) is 0 Å². The molecule has 0 aromatic heterocycles. The molecule has 2 rings (SSSR count). The Morgan fingerprint density at radius 3 is 1.30 bits per heavy atom. The number of hydrogen-bond donors (Lipinski definition) is 3. The van der Waals surface area contributed by atoms with Crippen LogP contribution in [0.3, 0.4) is 0 Å². The van der Waals surface area contributed by atoms with Crippen molar-refractivity contribution < 1.29 is 15.3 Å². The van der Waals surface area contributed by atoms with Crippen LogP contribution >= 0.6 is 0 Å². The molecule has 2 saturated carbocycles. The quantitative estimate of drug-likeness (QED) is 0.413. The van der Waals surface area contributed by atoms with E-state index in [1.54, 1.807) is 0 Å². The van der Waals surface area contributed by atoms with E-state index >= 15 is 0 Å². The second-order valence-electron chi connectivity index (χ2n) is 3.38. The number of hydrogen-bond acceptors (Lipinski definition) is 3. The fraction of sp³-hybridized carbons (Fsp3) is 1.00. The van der Waals surface area contributed by atoms with Crippen LogP contribution < -0.4 is 0 Å². The van der Waals surface area contributed by atoms with Gasteiger partial charge in [0.2, 0.25) is 0 Å². The lowest BCUT2D eigenvalue weighted by atomic mass is 9.95. The van der Waals surface area contributed by atoms with Crippen LogP contribution in [-0.4, -0.2) is 33.6 Å². The van der Waals surface area contributed by atoms with Crippen LogP contribution in [-0.2, 0) is 0 Å². The van der Waals surface area contributed by atoms with Crippen molar-refractivity contribution in [1.82, 2.24) is 0 Å². The Balaban J connectivity index is 2.21. The number of fused-ring (bicyclic) bond motifs is 2. The molecule has 3 N–H and O–H groups in total. The Hall–Kier alpha value is -0.120. The van der Waals surface area contributed by atoms with Gasteiger partial charge in [-0.05, 0) is 12.8 Å².